The molecule has 4 rings (SSSR count). The third kappa shape index (κ3) is 4.06. The molecule has 2 aromatic heterocycles. The number of nitrogens with one attached hydrogen (secondary N) is 1. The van der Waals surface area contributed by atoms with Crippen LogP contribution in [0, 0.1) is 5.92 Å². The maximum absolute atomic E-state index is 12.4. The number of imidazole rings is 1. The molecule has 0 aliphatic carbocycles. The fourth-order valence-corrected chi connectivity index (χ4v) is 5.11. The molecule has 1 saturated heterocycles. The highest BCUT2D eigenvalue weighted by Crippen LogP contribution is 2.21. The number of carbonyl (C=O) groups excluding carboxylic acids is 1. The van der Waals surface area contributed by atoms with E-state index in [1.807, 2.05) is 34.9 Å². The number of benzene rings is 1. The van der Waals surface area contributed by atoms with Gasteiger partial charge in [-0.1, -0.05) is 18.2 Å². The van der Waals surface area contributed by atoms with Crippen molar-refractivity contribution in [3.05, 3.63) is 54.5 Å². The van der Waals surface area contributed by atoms with Crippen LogP contribution in [0.2, 0.25) is 0 Å². The summed E-state index contributed by atoms with van der Waals surface area (Å²) in [4.78, 5) is 21.2. The van der Waals surface area contributed by atoms with Crippen LogP contribution in [0.4, 0.5) is 0 Å². The number of hydrogen-bond acceptors (Lipinski definition) is 5. The monoisotopic (exact) mass is 398 g/mol. The molecule has 0 radical (unpaired) electrons. The Bertz CT molecular complexity index is 1080. The number of nitrogens with zero attached hydrogens (tertiary/aromatic N) is 3. The first kappa shape index (κ1) is 18.6. The predicted molar refractivity (Wildman–Crippen MR) is 107 cm³/mol. The number of rotatable bonds is 5. The van der Waals surface area contributed by atoms with Crippen molar-refractivity contribution in [2.75, 3.05) is 18.1 Å². The minimum absolute atomic E-state index is 0.188. The van der Waals surface area contributed by atoms with Crippen molar-refractivity contribution in [1.82, 2.24) is 19.9 Å². The van der Waals surface area contributed by atoms with E-state index in [2.05, 4.69) is 15.3 Å². The van der Waals surface area contributed by atoms with Gasteiger partial charge in [0, 0.05) is 18.4 Å². The lowest BCUT2D eigenvalue weighted by molar-refractivity contribution is 0.0951. The molecule has 1 amide bonds. The summed E-state index contributed by atoms with van der Waals surface area (Å²) in [6, 6.07) is 11.5. The summed E-state index contributed by atoms with van der Waals surface area (Å²) < 4.78 is 24.8. The van der Waals surface area contributed by atoms with E-state index in [1.54, 1.807) is 18.6 Å². The van der Waals surface area contributed by atoms with Gasteiger partial charge in [0.1, 0.15) is 21.7 Å². The van der Waals surface area contributed by atoms with Gasteiger partial charge in [-0.3, -0.25) is 9.36 Å². The fraction of sp³-hybridized carbons (Fsp3) is 0.350. The Balaban J connectivity index is 1.38. The van der Waals surface area contributed by atoms with Gasteiger partial charge in [0.05, 0.1) is 17.1 Å². The second-order valence-electron chi connectivity index (χ2n) is 7.16. The van der Waals surface area contributed by atoms with E-state index in [1.165, 1.54) is 0 Å². The zero-order valence-corrected chi connectivity index (χ0v) is 16.2. The SMILES string of the molecule is O=C(NCCC1CCS(=O)(=O)CC1)c1cnc2c(c1)ncn2-c1ccccc1. The molecule has 1 fully saturated rings. The highest BCUT2D eigenvalue weighted by molar-refractivity contribution is 7.91. The van der Waals surface area contributed by atoms with E-state index in [-0.39, 0.29) is 17.4 Å². The Morgan fingerprint density at radius 3 is 2.64 bits per heavy atom. The summed E-state index contributed by atoms with van der Waals surface area (Å²) in [5, 5.41) is 2.91. The van der Waals surface area contributed by atoms with Gasteiger partial charge < -0.3 is 5.32 Å². The molecule has 28 heavy (non-hydrogen) atoms. The Kier molecular flexibility index (Phi) is 5.13. The molecular formula is C20H22N4O3S. The predicted octanol–water partition coefficient (Wildman–Crippen LogP) is 2.37. The topological polar surface area (TPSA) is 93.9 Å². The standard InChI is InChI=1S/C20H22N4O3S/c25-20(21-9-6-15-7-10-28(26,27)11-8-15)16-12-18-19(22-13-16)24(14-23-18)17-4-2-1-3-5-17/h1-5,12-15H,6-11H2,(H,21,25). The van der Waals surface area contributed by atoms with E-state index in [9.17, 15) is 13.2 Å². The molecular weight excluding hydrogens is 376 g/mol. The van der Waals surface area contributed by atoms with E-state index in [0.29, 0.717) is 42.0 Å². The van der Waals surface area contributed by atoms with Crippen molar-refractivity contribution < 1.29 is 13.2 Å². The molecule has 0 unspecified atom stereocenters. The zero-order chi connectivity index (χ0) is 19.6. The minimum atomic E-state index is -2.84. The molecule has 1 aromatic carbocycles. The average Bonchev–Trinajstić information content (AvgIpc) is 3.13. The maximum atomic E-state index is 12.4. The summed E-state index contributed by atoms with van der Waals surface area (Å²) in [7, 11) is -2.84. The second-order valence-corrected chi connectivity index (χ2v) is 9.46. The maximum Gasteiger partial charge on any atom is 0.252 e. The van der Waals surface area contributed by atoms with Crippen molar-refractivity contribution >= 4 is 26.9 Å². The summed E-state index contributed by atoms with van der Waals surface area (Å²) in [6.45, 7) is 0.528. The van der Waals surface area contributed by atoms with Crippen molar-refractivity contribution in [1.29, 1.82) is 0 Å². The Morgan fingerprint density at radius 1 is 1.14 bits per heavy atom. The third-order valence-electron chi connectivity index (χ3n) is 5.20. The highest BCUT2D eigenvalue weighted by atomic mass is 32.2. The van der Waals surface area contributed by atoms with Crippen LogP contribution in [-0.4, -0.2) is 46.9 Å². The number of aromatic nitrogens is 3. The van der Waals surface area contributed by atoms with Crippen molar-refractivity contribution in [3.63, 3.8) is 0 Å². The van der Waals surface area contributed by atoms with E-state index >= 15 is 0 Å². The smallest absolute Gasteiger partial charge is 0.252 e. The van der Waals surface area contributed by atoms with Crippen LogP contribution in [0.5, 0.6) is 0 Å². The van der Waals surface area contributed by atoms with Gasteiger partial charge in [0.25, 0.3) is 5.91 Å². The lowest BCUT2D eigenvalue weighted by Crippen LogP contribution is -2.29. The molecule has 3 aromatic rings. The molecule has 1 aliphatic heterocycles. The Morgan fingerprint density at radius 2 is 1.89 bits per heavy atom. The first-order chi connectivity index (χ1) is 13.5. The number of fused-ring (bicyclic) bond motifs is 1. The van der Waals surface area contributed by atoms with Crippen LogP contribution < -0.4 is 5.32 Å². The first-order valence-electron chi connectivity index (χ1n) is 9.39. The normalized spacial score (nSPS) is 16.9. The Labute approximate surface area is 163 Å². The number of para-hydroxylation sites is 1. The van der Waals surface area contributed by atoms with E-state index < -0.39 is 9.84 Å². The van der Waals surface area contributed by atoms with Gasteiger partial charge in [-0.2, -0.15) is 0 Å². The third-order valence-corrected chi connectivity index (χ3v) is 6.91. The van der Waals surface area contributed by atoms with Gasteiger partial charge in [0.2, 0.25) is 0 Å². The lowest BCUT2D eigenvalue weighted by atomic mass is 9.99. The van der Waals surface area contributed by atoms with Gasteiger partial charge in [-0.25, -0.2) is 18.4 Å². The number of amides is 1. The average molecular weight is 398 g/mol. The molecule has 1 N–H and O–H groups in total. The summed E-state index contributed by atoms with van der Waals surface area (Å²) in [5.74, 6) is 0.685. The van der Waals surface area contributed by atoms with Crippen molar-refractivity contribution in [2.24, 2.45) is 5.92 Å². The van der Waals surface area contributed by atoms with Crippen LogP contribution in [0.3, 0.4) is 0 Å². The lowest BCUT2D eigenvalue weighted by Gasteiger charge is -2.21. The molecule has 1 aliphatic rings. The van der Waals surface area contributed by atoms with Crippen LogP contribution >= 0.6 is 0 Å². The molecule has 8 heteroatoms. The van der Waals surface area contributed by atoms with Gasteiger partial charge in [0.15, 0.2) is 5.65 Å². The second kappa shape index (κ2) is 7.71. The van der Waals surface area contributed by atoms with Crippen LogP contribution in [0.15, 0.2) is 48.9 Å². The molecule has 0 spiro atoms. The largest absolute Gasteiger partial charge is 0.352 e. The van der Waals surface area contributed by atoms with Gasteiger partial charge in [-0.05, 0) is 43.4 Å². The quantitative estimate of drug-likeness (QED) is 0.712. The fourth-order valence-electron chi connectivity index (χ4n) is 3.52. The molecule has 0 atom stereocenters. The molecule has 7 nitrogen and oxygen atoms in total. The van der Waals surface area contributed by atoms with E-state index in [4.69, 9.17) is 0 Å². The number of sulfone groups is 1. The van der Waals surface area contributed by atoms with Gasteiger partial charge >= 0.3 is 0 Å². The first-order valence-corrected chi connectivity index (χ1v) is 11.2. The van der Waals surface area contributed by atoms with Gasteiger partial charge in [-0.15, -0.1) is 0 Å². The van der Waals surface area contributed by atoms with E-state index in [0.717, 1.165) is 12.1 Å². The van der Waals surface area contributed by atoms with Crippen LogP contribution in [-0.2, 0) is 9.84 Å². The molecule has 146 valence electrons. The van der Waals surface area contributed by atoms with Crippen molar-refractivity contribution in [2.45, 2.75) is 19.3 Å². The molecule has 3 heterocycles. The Hall–Kier alpha value is -2.74. The number of pyridine rings is 1. The summed E-state index contributed by atoms with van der Waals surface area (Å²) in [5.41, 5.74) is 2.79. The van der Waals surface area contributed by atoms with Crippen LogP contribution in [0.25, 0.3) is 16.9 Å². The number of carbonyl (C=O) groups is 1. The molecule has 0 saturated carbocycles. The zero-order valence-electron chi connectivity index (χ0n) is 15.4. The summed E-state index contributed by atoms with van der Waals surface area (Å²) in [6.07, 6.45) is 5.42. The minimum Gasteiger partial charge on any atom is -0.352 e. The van der Waals surface area contributed by atoms with Crippen LogP contribution in [0.1, 0.15) is 29.6 Å². The van der Waals surface area contributed by atoms with Crippen molar-refractivity contribution in [3.8, 4) is 5.69 Å². The number of hydrogen-bond donors (Lipinski definition) is 1. The highest BCUT2D eigenvalue weighted by Gasteiger charge is 2.23. The summed E-state index contributed by atoms with van der Waals surface area (Å²) >= 11 is 0. The molecule has 0 bridgehead atoms.